The van der Waals surface area contributed by atoms with Crippen molar-refractivity contribution in [3.8, 4) is 11.5 Å². The van der Waals surface area contributed by atoms with Gasteiger partial charge in [-0.1, -0.05) is 23.8 Å². The van der Waals surface area contributed by atoms with Gasteiger partial charge in [-0.05, 0) is 60.9 Å². The molecule has 7 heteroatoms. The summed E-state index contributed by atoms with van der Waals surface area (Å²) in [5.41, 5.74) is 3.50. The second-order valence-corrected chi connectivity index (χ2v) is 8.03. The topological polar surface area (TPSA) is 100.0 Å². The second-order valence-electron chi connectivity index (χ2n) is 8.03. The van der Waals surface area contributed by atoms with E-state index >= 15 is 0 Å². The number of amides is 1. The summed E-state index contributed by atoms with van der Waals surface area (Å²) in [6, 6.07) is 12.8. The van der Waals surface area contributed by atoms with Crippen LogP contribution in [-0.2, 0) is 16.1 Å². The number of hydrogen-bond donors (Lipinski definition) is 2. The highest BCUT2D eigenvalue weighted by molar-refractivity contribution is 6.46. The fourth-order valence-electron chi connectivity index (χ4n) is 4.07. The number of nitrogens with zero attached hydrogens (tertiary/aromatic N) is 2. The minimum absolute atomic E-state index is 0.00417. The Labute approximate surface area is 191 Å². The van der Waals surface area contributed by atoms with Crippen LogP contribution in [-0.4, -0.2) is 38.9 Å². The number of aromatic hydroxyl groups is 1. The van der Waals surface area contributed by atoms with E-state index < -0.39 is 17.7 Å². The van der Waals surface area contributed by atoms with E-state index in [0.717, 1.165) is 16.7 Å². The van der Waals surface area contributed by atoms with E-state index in [1.165, 1.54) is 18.1 Å². The normalized spacial score (nSPS) is 17.4. The molecule has 2 N–H and O–H groups in total. The third kappa shape index (κ3) is 4.05. The Morgan fingerprint density at radius 1 is 1.06 bits per heavy atom. The SMILES string of the molecule is COc1cc(C2C(=C(O)c3cc(C)ccc3C)C(=O)C(=O)N2Cc2ccncc2)ccc1O. The quantitative estimate of drug-likeness (QED) is 0.350. The lowest BCUT2D eigenvalue weighted by Gasteiger charge is -2.26. The van der Waals surface area contributed by atoms with Crippen molar-refractivity contribution in [2.45, 2.75) is 26.4 Å². The Hall–Kier alpha value is -4.13. The van der Waals surface area contributed by atoms with Gasteiger partial charge < -0.3 is 19.8 Å². The molecule has 0 radical (unpaired) electrons. The van der Waals surface area contributed by atoms with Crippen molar-refractivity contribution in [3.63, 3.8) is 0 Å². The number of hydrogen-bond acceptors (Lipinski definition) is 6. The predicted octanol–water partition coefficient (Wildman–Crippen LogP) is 4.03. The molecule has 1 aliphatic rings. The van der Waals surface area contributed by atoms with Crippen molar-refractivity contribution in [3.05, 3.63) is 94.3 Å². The van der Waals surface area contributed by atoms with Gasteiger partial charge in [0.2, 0.25) is 0 Å². The average molecular weight is 444 g/mol. The number of aromatic nitrogens is 1. The highest BCUT2D eigenvalue weighted by atomic mass is 16.5. The summed E-state index contributed by atoms with van der Waals surface area (Å²) in [6.45, 7) is 3.87. The number of ketones is 1. The highest BCUT2D eigenvalue weighted by Crippen LogP contribution is 2.42. The number of likely N-dealkylation sites (tertiary alicyclic amines) is 1. The van der Waals surface area contributed by atoms with Gasteiger partial charge in [-0.2, -0.15) is 0 Å². The van der Waals surface area contributed by atoms with Crippen LogP contribution in [0, 0.1) is 13.8 Å². The zero-order valence-electron chi connectivity index (χ0n) is 18.6. The molecule has 2 aromatic carbocycles. The van der Waals surface area contributed by atoms with Crippen LogP contribution in [0.4, 0.5) is 0 Å². The fraction of sp³-hybridized carbons (Fsp3) is 0.192. The number of aliphatic hydroxyl groups excluding tert-OH is 1. The number of ether oxygens (including phenoxy) is 1. The Morgan fingerprint density at radius 3 is 2.48 bits per heavy atom. The van der Waals surface area contributed by atoms with Crippen LogP contribution in [0.15, 0.2) is 66.5 Å². The number of phenolic OH excluding ortho intramolecular Hbond substituents is 1. The number of carbonyl (C=O) groups is 2. The van der Waals surface area contributed by atoms with Gasteiger partial charge in [0.15, 0.2) is 11.5 Å². The van der Waals surface area contributed by atoms with Gasteiger partial charge in [0.1, 0.15) is 5.76 Å². The summed E-state index contributed by atoms with van der Waals surface area (Å²) in [7, 11) is 1.42. The molecular formula is C26H24N2O5. The molecule has 2 heterocycles. The number of aliphatic hydroxyl groups is 1. The maximum Gasteiger partial charge on any atom is 0.295 e. The number of rotatable bonds is 5. The molecular weight excluding hydrogens is 420 g/mol. The maximum absolute atomic E-state index is 13.2. The molecule has 0 saturated carbocycles. The van der Waals surface area contributed by atoms with Gasteiger partial charge >= 0.3 is 0 Å². The standard InChI is InChI=1S/C26H24N2O5/c1-15-4-5-16(2)19(12-15)24(30)22-23(18-6-7-20(29)21(13-18)33-3)28(26(32)25(22)31)14-17-8-10-27-11-9-17/h4-13,23,29-30H,14H2,1-3H3. The molecule has 168 valence electrons. The molecule has 4 rings (SSSR count). The number of benzene rings is 2. The molecule has 7 nitrogen and oxygen atoms in total. The van der Waals surface area contributed by atoms with Crippen LogP contribution in [0.25, 0.3) is 5.76 Å². The van der Waals surface area contributed by atoms with E-state index in [0.29, 0.717) is 11.1 Å². The monoisotopic (exact) mass is 444 g/mol. The van der Waals surface area contributed by atoms with Gasteiger partial charge in [-0.25, -0.2) is 0 Å². The first-order valence-corrected chi connectivity index (χ1v) is 10.4. The molecule has 1 fully saturated rings. The van der Waals surface area contributed by atoms with E-state index in [2.05, 4.69) is 4.98 Å². The number of aryl methyl sites for hydroxylation is 2. The smallest absolute Gasteiger partial charge is 0.295 e. The van der Waals surface area contributed by atoms with E-state index in [4.69, 9.17) is 4.74 Å². The third-order valence-electron chi connectivity index (χ3n) is 5.81. The number of pyridine rings is 1. The Balaban J connectivity index is 1.93. The van der Waals surface area contributed by atoms with Crippen LogP contribution in [0.5, 0.6) is 11.5 Å². The first-order chi connectivity index (χ1) is 15.8. The van der Waals surface area contributed by atoms with Crippen LogP contribution >= 0.6 is 0 Å². The lowest BCUT2D eigenvalue weighted by molar-refractivity contribution is -0.140. The van der Waals surface area contributed by atoms with Crippen molar-refractivity contribution < 1.29 is 24.5 Å². The summed E-state index contributed by atoms with van der Waals surface area (Å²) in [6.07, 6.45) is 3.22. The summed E-state index contributed by atoms with van der Waals surface area (Å²) in [5, 5.41) is 21.4. The molecule has 33 heavy (non-hydrogen) atoms. The minimum Gasteiger partial charge on any atom is -0.507 e. The minimum atomic E-state index is -0.868. The van der Waals surface area contributed by atoms with E-state index in [9.17, 15) is 19.8 Å². The maximum atomic E-state index is 13.2. The van der Waals surface area contributed by atoms with Gasteiger partial charge in [0.05, 0.1) is 18.7 Å². The van der Waals surface area contributed by atoms with E-state index in [-0.39, 0.29) is 29.4 Å². The molecule has 1 atom stereocenters. The van der Waals surface area contributed by atoms with Gasteiger partial charge in [0.25, 0.3) is 11.7 Å². The summed E-state index contributed by atoms with van der Waals surface area (Å²) >= 11 is 0. The molecule has 1 unspecified atom stereocenters. The molecule has 1 aliphatic heterocycles. The predicted molar refractivity (Wildman–Crippen MR) is 123 cm³/mol. The van der Waals surface area contributed by atoms with Gasteiger partial charge in [0, 0.05) is 24.5 Å². The van der Waals surface area contributed by atoms with E-state index in [1.54, 1.807) is 42.7 Å². The molecule has 1 amide bonds. The van der Waals surface area contributed by atoms with Crippen molar-refractivity contribution in [1.82, 2.24) is 9.88 Å². The fourth-order valence-corrected chi connectivity index (χ4v) is 4.07. The summed E-state index contributed by atoms with van der Waals surface area (Å²) in [5.74, 6) is -1.57. The summed E-state index contributed by atoms with van der Waals surface area (Å²) in [4.78, 5) is 31.8. The molecule has 3 aromatic rings. The van der Waals surface area contributed by atoms with Crippen LogP contribution < -0.4 is 4.74 Å². The highest BCUT2D eigenvalue weighted by Gasteiger charge is 2.46. The molecule has 0 aliphatic carbocycles. The lowest BCUT2D eigenvalue weighted by atomic mass is 9.93. The van der Waals surface area contributed by atoms with Crippen LogP contribution in [0.2, 0.25) is 0 Å². The number of methoxy groups -OCH3 is 1. The molecule has 1 saturated heterocycles. The Kier molecular flexibility index (Phi) is 5.87. The van der Waals surface area contributed by atoms with E-state index in [1.807, 2.05) is 26.0 Å². The summed E-state index contributed by atoms with van der Waals surface area (Å²) < 4.78 is 5.24. The van der Waals surface area contributed by atoms with Gasteiger partial charge in [-0.15, -0.1) is 0 Å². The zero-order chi connectivity index (χ0) is 23.7. The molecule has 0 bridgehead atoms. The number of Topliss-reactive ketones (excluding diaryl/α,β-unsaturated/α-hetero) is 1. The van der Waals surface area contributed by atoms with Crippen molar-refractivity contribution in [2.75, 3.05) is 7.11 Å². The van der Waals surface area contributed by atoms with Crippen molar-refractivity contribution in [2.24, 2.45) is 0 Å². The van der Waals surface area contributed by atoms with Crippen molar-refractivity contribution >= 4 is 17.4 Å². The van der Waals surface area contributed by atoms with Crippen molar-refractivity contribution in [1.29, 1.82) is 0 Å². The lowest BCUT2D eigenvalue weighted by Crippen LogP contribution is -2.29. The van der Waals surface area contributed by atoms with Gasteiger partial charge in [-0.3, -0.25) is 14.6 Å². The first kappa shape index (κ1) is 22.1. The zero-order valence-corrected chi connectivity index (χ0v) is 18.6. The average Bonchev–Trinajstić information content (AvgIpc) is 3.06. The van der Waals surface area contributed by atoms with Crippen LogP contribution in [0.1, 0.15) is 33.9 Å². The van der Waals surface area contributed by atoms with Crippen LogP contribution in [0.3, 0.4) is 0 Å². The number of phenols is 1. The Morgan fingerprint density at radius 2 is 1.79 bits per heavy atom. The Bertz CT molecular complexity index is 1270. The second kappa shape index (κ2) is 8.78. The third-order valence-corrected chi connectivity index (χ3v) is 5.81. The number of carbonyl (C=O) groups excluding carboxylic acids is 2. The molecule has 0 spiro atoms. The molecule has 1 aromatic heterocycles. The largest absolute Gasteiger partial charge is 0.507 e. The first-order valence-electron chi connectivity index (χ1n) is 10.4.